The molecule has 0 amide bonds. The number of nitro groups is 1. The Hall–Kier alpha value is -6.70. The predicted molar refractivity (Wildman–Crippen MR) is 552 cm³/mol. The van der Waals surface area contributed by atoms with E-state index in [1.807, 2.05) is 97.9 Å². The second kappa shape index (κ2) is 54.8. The summed E-state index contributed by atoms with van der Waals surface area (Å²) < 4.78 is 0. The molecule has 0 N–H and O–H groups in total. The fourth-order valence-corrected chi connectivity index (χ4v) is 32.7. The van der Waals surface area contributed by atoms with Crippen LogP contribution < -0.4 is 0 Å². The average molecular weight is 1840 g/mol. The fraction of sp³-hybridized carbons (Fsp3) is 0.495. The van der Waals surface area contributed by atoms with Gasteiger partial charge in [-0.2, -0.15) is 0 Å². The van der Waals surface area contributed by atoms with Crippen molar-refractivity contribution < 1.29 is 38.5 Å². The molecule has 7 saturated heterocycles. The van der Waals surface area contributed by atoms with E-state index in [2.05, 4.69) is 126 Å². The summed E-state index contributed by atoms with van der Waals surface area (Å²) in [5.74, 6) is 26.5. The third kappa shape index (κ3) is 35.9. The molecule has 674 valence electrons. The lowest BCUT2D eigenvalue weighted by Gasteiger charge is -2.21. The number of hydrogen-bond donors (Lipinski definition) is 0. The van der Waals surface area contributed by atoms with Crippen LogP contribution in [0.4, 0.5) is 5.69 Å². The first-order valence-corrected chi connectivity index (χ1v) is 59.2. The van der Waals surface area contributed by atoms with Crippen molar-refractivity contribution in [1.82, 2.24) is 0 Å². The molecule has 8 fully saturated rings. The number of benzene rings is 8. The summed E-state index contributed by atoms with van der Waals surface area (Å²) in [6, 6.07) is 65.5. The van der Waals surface area contributed by atoms with Crippen molar-refractivity contribution in [2.24, 2.45) is 5.92 Å². The van der Waals surface area contributed by atoms with E-state index in [0.717, 1.165) is 86.7 Å². The van der Waals surface area contributed by atoms with E-state index in [0.29, 0.717) is 117 Å². The zero-order chi connectivity index (χ0) is 89.4. The quantitative estimate of drug-likeness (QED) is 0.0192. The molecule has 8 aromatic carbocycles. The summed E-state index contributed by atoms with van der Waals surface area (Å²) >= 11 is 0. The maximum absolute atomic E-state index is 12.3. The van der Waals surface area contributed by atoms with Crippen LogP contribution in [-0.4, -0.2) is 166 Å². The first-order valence-electron chi connectivity index (χ1n) is 47.0. The van der Waals surface area contributed by atoms with Crippen molar-refractivity contribution in [2.45, 2.75) is 207 Å². The van der Waals surface area contributed by atoms with E-state index in [-0.39, 0.29) is 27.8 Å². The van der Waals surface area contributed by atoms with Crippen LogP contribution in [0.2, 0.25) is 0 Å². The van der Waals surface area contributed by atoms with Crippen LogP contribution in [0.1, 0.15) is 283 Å². The number of nitrogens with zero attached hydrogens (tertiary/aromatic N) is 1. The fourth-order valence-electron chi connectivity index (χ4n) is 16.9. The minimum absolute atomic E-state index is 0.0323. The average Bonchev–Trinajstić information content (AvgIpc) is 0.916. The summed E-state index contributed by atoms with van der Waals surface area (Å²) in [7, 11) is 2.50. The van der Waals surface area contributed by atoms with Gasteiger partial charge in [0.2, 0.25) is 40.5 Å². The van der Waals surface area contributed by atoms with Gasteiger partial charge in [0, 0.05) is 51.1 Å². The molecule has 10 nitrogen and oxygen atoms in total. The van der Waals surface area contributed by atoms with E-state index < -0.39 is 4.92 Å². The number of carbonyl (C=O) groups excluding carboxylic acids is 7. The molecule has 7 heterocycles. The third-order valence-electron chi connectivity index (χ3n) is 24.6. The predicted octanol–water partition coefficient (Wildman–Crippen LogP) is 23.7. The number of ketones is 7. The molecule has 7 aliphatic heterocycles. The zero-order valence-electron chi connectivity index (χ0n) is 76.8. The Morgan fingerprint density at radius 3 is 0.905 bits per heavy atom. The zero-order valence-corrected chi connectivity index (χ0v) is 82.5. The SMILES string of the molecule is CC(C)(C)c1ccc(C(=O)C[S+]2CCCC2)cc1.CC(C)Cc1ccc(C(=O)C[S+]2CCCC2)cc1.CCCCc1ccc(C(=O)C[S+]2CCCC2)cc1.Cc1ccc(C(=O)C[S+]2CCCC2)cc1.O=C(C[S+]1CCCC1)c1ccc(-c2ccccc2)cc1.O=C(C[S+]1CCCC1)c1ccc(C2CCCCC2)cc1.O=C(C[S+]1CCCC1)c1ccc([N+](=O)[O-])cc1. The number of Topliss-reactive ketones (excluding diaryl/α,β-unsaturated/α-hetero) is 7. The Bertz CT molecular complexity index is 4600. The van der Waals surface area contributed by atoms with E-state index in [4.69, 9.17) is 0 Å². The molecule has 8 aromatic rings. The van der Waals surface area contributed by atoms with Crippen molar-refractivity contribution in [3.63, 3.8) is 0 Å². The van der Waals surface area contributed by atoms with Gasteiger partial charge in [-0.3, -0.25) is 43.7 Å². The van der Waals surface area contributed by atoms with Crippen LogP contribution in [0.25, 0.3) is 11.1 Å². The van der Waals surface area contributed by atoms with Gasteiger partial charge in [0.25, 0.3) is 5.69 Å². The Morgan fingerprint density at radius 2 is 0.611 bits per heavy atom. The largest absolute Gasteiger partial charge is 0.289 e. The van der Waals surface area contributed by atoms with Gasteiger partial charge < -0.3 is 0 Å². The second-order valence-corrected chi connectivity index (χ2v) is 52.9. The smallest absolute Gasteiger partial charge is 0.269 e. The molecule has 1 aliphatic carbocycles. The molecule has 16 rings (SSSR count). The van der Waals surface area contributed by atoms with Crippen LogP contribution >= 0.6 is 0 Å². The molecule has 0 bridgehead atoms. The highest BCUT2D eigenvalue weighted by atomic mass is 32.2. The molecule has 0 atom stereocenters. The molecule has 0 aromatic heterocycles. The number of nitro benzene ring substituents is 1. The van der Waals surface area contributed by atoms with Gasteiger partial charge in [0.05, 0.1) is 4.92 Å². The van der Waals surface area contributed by atoms with Crippen molar-refractivity contribution in [3.8, 4) is 11.1 Å². The Balaban J connectivity index is 0.000000154. The molecule has 1 saturated carbocycles. The van der Waals surface area contributed by atoms with Crippen LogP contribution in [0.5, 0.6) is 0 Å². The van der Waals surface area contributed by atoms with Crippen LogP contribution in [0.3, 0.4) is 0 Å². The number of carbonyl (C=O) groups is 7. The third-order valence-corrected chi connectivity index (χ3v) is 41.5. The number of non-ortho nitro benzene ring substituents is 1. The van der Waals surface area contributed by atoms with E-state index in [9.17, 15) is 43.7 Å². The highest BCUT2D eigenvalue weighted by Crippen LogP contribution is 2.34. The lowest BCUT2D eigenvalue weighted by atomic mass is 9.84. The molecule has 126 heavy (non-hydrogen) atoms. The highest BCUT2D eigenvalue weighted by Gasteiger charge is 2.34. The molecule has 8 aliphatic rings. The second-order valence-electron chi connectivity index (χ2n) is 36.6. The van der Waals surface area contributed by atoms with Crippen LogP contribution in [0, 0.1) is 23.0 Å². The highest BCUT2D eigenvalue weighted by molar-refractivity contribution is 7.99. The van der Waals surface area contributed by atoms with Crippen molar-refractivity contribution in [3.05, 3.63) is 277 Å². The van der Waals surface area contributed by atoms with Crippen molar-refractivity contribution in [1.29, 1.82) is 0 Å². The van der Waals surface area contributed by atoms with Gasteiger partial charge >= 0.3 is 0 Å². The molecular weight excluding hydrogens is 1690 g/mol. The number of aryl methyl sites for hydroxylation is 2. The monoisotopic (exact) mass is 1830 g/mol. The standard InChI is InChI=1S/C18H25OS.C18H19OS.3C16H23OS.C13H17OS.C12H14NO3S/c2*19-18(14-20-12-4-5-13-20)17-10-8-16(9-11-17)15-6-2-1-3-7-15;1-16(2,3)14-8-6-13(7-9-14)15(17)12-18-10-4-5-11-18;1-13(2)11-14-5-7-15(8-6-14)16(17)12-18-9-3-4-10-18;1-2-3-6-14-7-9-15(10-8-14)16(17)13-18-11-4-5-12-18;1-11-4-6-12(7-5-11)13(14)10-15-8-2-3-9-15;14-12(9-17-7-1-2-8-17)10-3-5-11(6-4-10)13(15)16/h8-11,15H,1-7,12-14H2;1-3,6-11H,4-5,12-14H2;6-9H,4-5,10-12H2,1-3H3;5-8,13H,3-4,9-12H2,1-2H3;7-10H,2-6,11-13H2,1H3;4-7H,2-3,8-10H2,1H3;3-6H,1-2,7-9H2/q7*+1. The summed E-state index contributed by atoms with van der Waals surface area (Å²) in [4.78, 5) is 94.9. The number of unbranched alkanes of at least 4 members (excludes halogenated alkanes) is 1. The number of hydrogen-bond acceptors (Lipinski definition) is 9. The summed E-state index contributed by atoms with van der Waals surface area (Å²) in [6.45, 7) is 15.3. The normalized spacial score (nSPS) is 17.0. The molecular formula is C109H144NO9S7+7. The summed E-state index contributed by atoms with van der Waals surface area (Å²) in [5, 5.41) is 10.5. The van der Waals surface area contributed by atoms with E-state index >= 15 is 0 Å². The van der Waals surface area contributed by atoms with Gasteiger partial charge in [0.15, 0.2) is 40.3 Å². The molecule has 17 heteroatoms. The Morgan fingerprint density at radius 1 is 0.341 bits per heavy atom. The lowest BCUT2D eigenvalue weighted by Crippen LogP contribution is -2.18. The van der Waals surface area contributed by atoms with Crippen molar-refractivity contribution in [2.75, 3.05) is 121 Å². The Kier molecular flexibility index (Phi) is 44.1. The molecule has 0 unspecified atom stereocenters. The minimum Gasteiger partial charge on any atom is -0.289 e. The topological polar surface area (TPSA) is 163 Å². The van der Waals surface area contributed by atoms with Crippen LogP contribution in [-0.2, 0) is 94.5 Å². The maximum Gasteiger partial charge on any atom is 0.269 e. The summed E-state index contributed by atoms with van der Waals surface area (Å²) in [6.07, 6.45) is 29.8. The van der Waals surface area contributed by atoms with Gasteiger partial charge in [-0.25, -0.2) is 0 Å². The first kappa shape index (κ1) is 101. The number of rotatable bonds is 29. The van der Waals surface area contributed by atoms with Gasteiger partial charge in [-0.15, -0.1) is 0 Å². The van der Waals surface area contributed by atoms with Crippen molar-refractivity contribution >= 4 is 122 Å². The van der Waals surface area contributed by atoms with Gasteiger partial charge in [-0.1, -0.05) is 249 Å². The van der Waals surface area contributed by atoms with Crippen LogP contribution in [0.15, 0.2) is 200 Å². The lowest BCUT2D eigenvalue weighted by molar-refractivity contribution is -0.384. The summed E-state index contributed by atoms with van der Waals surface area (Å²) in [5.41, 5.74) is 15.2. The maximum atomic E-state index is 12.3. The van der Waals surface area contributed by atoms with E-state index in [1.165, 1.54) is 266 Å². The van der Waals surface area contributed by atoms with E-state index in [1.54, 1.807) is 12.1 Å². The minimum atomic E-state index is -0.451. The molecule has 0 radical (unpaired) electrons. The van der Waals surface area contributed by atoms with Gasteiger partial charge in [0.1, 0.15) is 80.5 Å². The van der Waals surface area contributed by atoms with Gasteiger partial charge in [-0.05, 0) is 268 Å². The molecule has 0 spiro atoms. The Labute approximate surface area is 777 Å². The first-order chi connectivity index (χ1) is 61.0.